The lowest BCUT2D eigenvalue weighted by Gasteiger charge is -2.17. The molecule has 1 rings (SSSR count). The lowest BCUT2D eigenvalue weighted by molar-refractivity contribution is -0.144. The van der Waals surface area contributed by atoms with Gasteiger partial charge in [-0.15, -0.1) is 11.8 Å². The van der Waals surface area contributed by atoms with E-state index in [-0.39, 0.29) is 5.75 Å². The number of aliphatic hydroxyl groups excluding tert-OH is 1. The average molecular weight is 297 g/mol. The molecule has 2 atom stereocenters. The van der Waals surface area contributed by atoms with E-state index in [1.165, 1.54) is 18.7 Å². The lowest BCUT2D eigenvalue weighted by atomic mass is 10.2. The lowest BCUT2D eigenvalue weighted by Crippen LogP contribution is -2.48. The highest BCUT2D eigenvalue weighted by molar-refractivity contribution is 8.00. The smallest absolute Gasteiger partial charge is 0.328 e. The molecule has 0 heterocycles. The van der Waals surface area contributed by atoms with Gasteiger partial charge in [-0.05, 0) is 32.4 Å². The molecule has 1 aromatic rings. The summed E-state index contributed by atoms with van der Waals surface area (Å²) in [6, 6.07) is 4.68. The summed E-state index contributed by atoms with van der Waals surface area (Å²) in [7, 11) is 0. The maximum atomic E-state index is 11.7. The number of benzene rings is 1. The minimum absolute atomic E-state index is 0.112. The van der Waals surface area contributed by atoms with Gasteiger partial charge in [-0.2, -0.15) is 0 Å². The molecule has 1 aromatic carbocycles. The van der Waals surface area contributed by atoms with E-state index >= 15 is 0 Å². The molecule has 0 aromatic heterocycles. The van der Waals surface area contributed by atoms with Crippen molar-refractivity contribution in [2.45, 2.75) is 37.8 Å². The second-order valence-corrected chi connectivity index (χ2v) is 5.70. The molecule has 0 aliphatic heterocycles. The molecular weight excluding hydrogens is 278 g/mol. The summed E-state index contributed by atoms with van der Waals surface area (Å²) in [5, 5.41) is 20.5. The molecule has 0 radical (unpaired) electrons. The number of carboxylic acid groups (broad SMARTS) is 1. The number of nitrogens with one attached hydrogen (secondary N) is 1. The molecule has 110 valence electrons. The number of carbonyl (C=O) groups is 2. The van der Waals surface area contributed by atoms with Crippen LogP contribution in [0.2, 0.25) is 0 Å². The molecule has 0 spiro atoms. The Kier molecular flexibility index (Phi) is 6.04. The van der Waals surface area contributed by atoms with Gasteiger partial charge in [0.15, 0.2) is 6.04 Å². The third-order valence-electron chi connectivity index (χ3n) is 2.77. The Bertz CT molecular complexity index is 502. The van der Waals surface area contributed by atoms with E-state index in [0.717, 1.165) is 16.0 Å². The van der Waals surface area contributed by atoms with Gasteiger partial charge in [0.2, 0.25) is 5.91 Å². The first-order valence-electron chi connectivity index (χ1n) is 6.21. The first-order chi connectivity index (χ1) is 9.31. The number of aryl methyl sites for hydroxylation is 2. The maximum absolute atomic E-state index is 11.7. The predicted molar refractivity (Wildman–Crippen MR) is 77.9 cm³/mol. The fraction of sp³-hybridized carbons (Fsp3) is 0.429. The summed E-state index contributed by atoms with van der Waals surface area (Å²) in [6.45, 7) is 5.25. The van der Waals surface area contributed by atoms with E-state index in [2.05, 4.69) is 5.32 Å². The zero-order chi connectivity index (χ0) is 15.3. The first-order valence-corrected chi connectivity index (χ1v) is 7.20. The quantitative estimate of drug-likeness (QED) is 0.690. The predicted octanol–water partition coefficient (Wildman–Crippen LogP) is 1.35. The number of carboxylic acids is 1. The summed E-state index contributed by atoms with van der Waals surface area (Å²) >= 11 is 1.35. The van der Waals surface area contributed by atoms with Crippen LogP contribution in [-0.4, -0.2) is 40.0 Å². The van der Waals surface area contributed by atoms with E-state index in [1.54, 1.807) is 0 Å². The average Bonchev–Trinajstić information content (AvgIpc) is 2.36. The summed E-state index contributed by atoms with van der Waals surface area (Å²) in [5.41, 5.74) is 2.17. The number of thioether (sulfide) groups is 1. The first kappa shape index (κ1) is 16.5. The molecule has 0 saturated heterocycles. The molecule has 6 heteroatoms. The summed E-state index contributed by atoms with van der Waals surface area (Å²) in [4.78, 5) is 23.6. The van der Waals surface area contributed by atoms with E-state index in [1.807, 2.05) is 32.0 Å². The van der Waals surface area contributed by atoms with Gasteiger partial charge in [-0.1, -0.05) is 17.7 Å². The van der Waals surface area contributed by atoms with Crippen LogP contribution in [0.3, 0.4) is 0 Å². The third kappa shape index (κ3) is 4.86. The summed E-state index contributed by atoms with van der Waals surface area (Å²) < 4.78 is 0. The minimum atomic E-state index is -1.28. The molecule has 0 saturated carbocycles. The number of hydrogen-bond donors (Lipinski definition) is 3. The number of hydrogen-bond acceptors (Lipinski definition) is 4. The number of rotatable bonds is 6. The van der Waals surface area contributed by atoms with Crippen LogP contribution in [0.4, 0.5) is 0 Å². The Labute approximate surface area is 122 Å². The van der Waals surface area contributed by atoms with E-state index in [4.69, 9.17) is 5.11 Å². The van der Waals surface area contributed by atoms with Crippen LogP contribution in [0, 0.1) is 13.8 Å². The molecule has 1 amide bonds. The van der Waals surface area contributed by atoms with Crippen molar-refractivity contribution in [3.05, 3.63) is 29.3 Å². The highest BCUT2D eigenvalue weighted by atomic mass is 32.2. The zero-order valence-corrected chi connectivity index (χ0v) is 12.5. The fourth-order valence-electron chi connectivity index (χ4n) is 1.61. The maximum Gasteiger partial charge on any atom is 0.328 e. The number of aliphatic carboxylic acids is 1. The van der Waals surface area contributed by atoms with Crippen LogP contribution in [0.15, 0.2) is 23.1 Å². The van der Waals surface area contributed by atoms with Crippen molar-refractivity contribution in [2.24, 2.45) is 0 Å². The number of aliphatic hydroxyl groups is 1. The highest BCUT2D eigenvalue weighted by Crippen LogP contribution is 2.23. The van der Waals surface area contributed by atoms with Crippen LogP contribution < -0.4 is 5.32 Å². The van der Waals surface area contributed by atoms with Gasteiger partial charge in [-0.25, -0.2) is 4.79 Å². The normalized spacial score (nSPS) is 13.6. The fourth-order valence-corrected chi connectivity index (χ4v) is 2.54. The van der Waals surface area contributed by atoms with Crippen molar-refractivity contribution < 1.29 is 19.8 Å². The SMILES string of the molecule is Cc1ccc(C)c(SCC(=O)N[C@H](C(=O)O)[C@@H](C)O)c1. The van der Waals surface area contributed by atoms with Crippen molar-refractivity contribution in [1.29, 1.82) is 0 Å². The summed E-state index contributed by atoms with van der Waals surface area (Å²) in [6.07, 6.45) is -1.14. The zero-order valence-electron chi connectivity index (χ0n) is 11.7. The van der Waals surface area contributed by atoms with Gasteiger partial charge in [0.05, 0.1) is 11.9 Å². The molecule has 0 bridgehead atoms. The Balaban J connectivity index is 2.59. The highest BCUT2D eigenvalue weighted by Gasteiger charge is 2.24. The molecule has 0 aliphatic rings. The van der Waals surface area contributed by atoms with Gasteiger partial charge in [0.1, 0.15) is 0 Å². The van der Waals surface area contributed by atoms with Crippen LogP contribution in [0.25, 0.3) is 0 Å². The molecule has 0 fully saturated rings. The van der Waals surface area contributed by atoms with Gasteiger partial charge in [0, 0.05) is 4.90 Å². The largest absolute Gasteiger partial charge is 0.480 e. The molecule has 0 unspecified atom stereocenters. The summed E-state index contributed by atoms with van der Waals surface area (Å²) in [5.74, 6) is -1.55. The Morgan fingerprint density at radius 2 is 2.00 bits per heavy atom. The molecule has 3 N–H and O–H groups in total. The Morgan fingerprint density at radius 3 is 2.55 bits per heavy atom. The second kappa shape index (κ2) is 7.31. The van der Waals surface area contributed by atoms with E-state index in [9.17, 15) is 14.7 Å². The minimum Gasteiger partial charge on any atom is -0.480 e. The van der Waals surface area contributed by atoms with Crippen LogP contribution in [-0.2, 0) is 9.59 Å². The van der Waals surface area contributed by atoms with Crippen LogP contribution >= 0.6 is 11.8 Å². The molecular formula is C14H19NO4S. The van der Waals surface area contributed by atoms with E-state index < -0.39 is 24.0 Å². The molecule has 0 aliphatic carbocycles. The monoisotopic (exact) mass is 297 g/mol. The third-order valence-corrected chi connectivity index (χ3v) is 3.92. The molecule has 20 heavy (non-hydrogen) atoms. The Hall–Kier alpha value is -1.53. The topological polar surface area (TPSA) is 86.6 Å². The van der Waals surface area contributed by atoms with Crippen molar-refractivity contribution in [3.8, 4) is 0 Å². The molecule has 5 nitrogen and oxygen atoms in total. The van der Waals surface area contributed by atoms with Gasteiger partial charge < -0.3 is 15.5 Å². The Morgan fingerprint density at radius 1 is 1.35 bits per heavy atom. The van der Waals surface area contributed by atoms with Gasteiger partial charge in [0.25, 0.3) is 0 Å². The standard InChI is InChI=1S/C14H19NO4S/c1-8-4-5-9(2)11(6-8)20-7-12(17)15-13(10(3)16)14(18)19/h4-6,10,13,16H,7H2,1-3H3,(H,15,17)(H,18,19)/t10-,13+/m1/s1. The van der Waals surface area contributed by atoms with Crippen molar-refractivity contribution in [1.82, 2.24) is 5.32 Å². The van der Waals surface area contributed by atoms with Crippen molar-refractivity contribution >= 4 is 23.6 Å². The number of carbonyl (C=O) groups excluding carboxylic acids is 1. The van der Waals surface area contributed by atoms with Gasteiger partial charge >= 0.3 is 5.97 Å². The van der Waals surface area contributed by atoms with E-state index in [0.29, 0.717) is 0 Å². The number of amides is 1. The van der Waals surface area contributed by atoms with Crippen LogP contribution in [0.1, 0.15) is 18.1 Å². The van der Waals surface area contributed by atoms with Crippen LogP contribution in [0.5, 0.6) is 0 Å². The van der Waals surface area contributed by atoms with Crippen molar-refractivity contribution in [2.75, 3.05) is 5.75 Å². The van der Waals surface area contributed by atoms with Gasteiger partial charge in [-0.3, -0.25) is 4.79 Å². The van der Waals surface area contributed by atoms with Crippen molar-refractivity contribution in [3.63, 3.8) is 0 Å². The second-order valence-electron chi connectivity index (χ2n) is 4.68.